The molecule has 0 radical (unpaired) electrons. The van der Waals surface area contributed by atoms with Crippen molar-refractivity contribution in [1.82, 2.24) is 0 Å². The largest absolute Gasteiger partial charge is 0.550 e. The fraction of sp³-hybridized carbons (Fsp3) is 0.333. The second-order valence-electron chi connectivity index (χ2n) is 3.49. The van der Waals surface area contributed by atoms with Crippen LogP contribution in [-0.2, 0) is 20.7 Å². The molecule has 1 aromatic rings. The van der Waals surface area contributed by atoms with Gasteiger partial charge in [0.25, 0.3) is 0 Å². The van der Waals surface area contributed by atoms with Gasteiger partial charge in [-0.1, -0.05) is 30.3 Å². The highest BCUT2D eigenvalue weighted by molar-refractivity contribution is 5.77. The molecule has 0 saturated carbocycles. The summed E-state index contributed by atoms with van der Waals surface area (Å²) in [5, 5.41) is 10.8. The van der Waals surface area contributed by atoms with Crippen molar-refractivity contribution in [2.45, 2.75) is 12.8 Å². The van der Waals surface area contributed by atoms with Crippen molar-refractivity contribution >= 4 is 11.9 Å². The lowest BCUT2D eigenvalue weighted by Gasteiger charge is -2.16. The fourth-order valence-corrected chi connectivity index (χ4v) is 1.42. The number of carboxylic acid groups (broad SMARTS) is 1. The third-order valence-corrected chi connectivity index (χ3v) is 2.30. The number of carbonyl (C=O) groups is 2. The smallest absolute Gasteiger partial charge is 0.306 e. The summed E-state index contributed by atoms with van der Waals surface area (Å²) in [5.41, 5.74) is 0.862. The minimum absolute atomic E-state index is 0.159. The van der Waals surface area contributed by atoms with E-state index in [1.807, 2.05) is 30.3 Å². The molecule has 0 saturated heterocycles. The van der Waals surface area contributed by atoms with Gasteiger partial charge in [-0.25, -0.2) is 0 Å². The van der Waals surface area contributed by atoms with Crippen LogP contribution in [0, 0.1) is 5.92 Å². The van der Waals surface area contributed by atoms with Crippen LogP contribution in [0.5, 0.6) is 0 Å². The first-order valence-electron chi connectivity index (χ1n) is 4.95. The summed E-state index contributed by atoms with van der Waals surface area (Å²) in [6.07, 6.45) is 0.117. The molecule has 0 amide bonds. The predicted octanol–water partition coefficient (Wildman–Crippen LogP) is 0.158. The number of benzene rings is 1. The topological polar surface area (TPSA) is 66.4 Å². The van der Waals surface area contributed by atoms with Gasteiger partial charge in [0.05, 0.1) is 13.5 Å². The van der Waals surface area contributed by atoms with E-state index in [1.165, 1.54) is 7.11 Å². The van der Waals surface area contributed by atoms with Gasteiger partial charge < -0.3 is 14.6 Å². The maximum atomic E-state index is 11.0. The summed E-state index contributed by atoms with van der Waals surface area (Å²) in [6.45, 7) is 0. The fourth-order valence-electron chi connectivity index (χ4n) is 1.42. The lowest BCUT2D eigenvalue weighted by atomic mass is 9.96. The number of aliphatic carboxylic acids is 1. The summed E-state index contributed by atoms with van der Waals surface area (Å²) in [5.74, 6) is -2.60. The van der Waals surface area contributed by atoms with Gasteiger partial charge in [0.15, 0.2) is 0 Å². The van der Waals surface area contributed by atoms with Crippen LogP contribution in [0.4, 0.5) is 0 Å². The third-order valence-electron chi connectivity index (χ3n) is 2.30. The van der Waals surface area contributed by atoms with Gasteiger partial charge in [-0.2, -0.15) is 0 Å². The average molecular weight is 221 g/mol. The Bertz CT molecular complexity index is 359. The molecule has 0 aromatic heterocycles. The van der Waals surface area contributed by atoms with Gasteiger partial charge in [-0.15, -0.1) is 0 Å². The molecule has 0 heterocycles. The molecule has 0 N–H and O–H groups in total. The molecule has 0 spiro atoms. The molecule has 86 valence electrons. The Kier molecular flexibility index (Phi) is 4.51. The molecule has 0 aliphatic rings. The van der Waals surface area contributed by atoms with E-state index >= 15 is 0 Å². The van der Waals surface area contributed by atoms with Crippen molar-refractivity contribution < 1.29 is 19.4 Å². The number of carbonyl (C=O) groups excluding carboxylic acids is 2. The number of hydrogen-bond acceptors (Lipinski definition) is 4. The number of carboxylic acids is 1. The van der Waals surface area contributed by atoms with E-state index in [-0.39, 0.29) is 12.8 Å². The van der Waals surface area contributed by atoms with Crippen LogP contribution in [0.1, 0.15) is 12.0 Å². The van der Waals surface area contributed by atoms with Crippen LogP contribution < -0.4 is 5.11 Å². The molecule has 16 heavy (non-hydrogen) atoms. The van der Waals surface area contributed by atoms with E-state index in [1.54, 1.807) is 0 Å². The van der Waals surface area contributed by atoms with Crippen molar-refractivity contribution in [2.75, 3.05) is 7.11 Å². The van der Waals surface area contributed by atoms with Crippen LogP contribution in [0.15, 0.2) is 30.3 Å². The number of rotatable bonds is 5. The van der Waals surface area contributed by atoms with E-state index in [0.29, 0.717) is 0 Å². The maximum absolute atomic E-state index is 11.0. The summed E-state index contributed by atoms with van der Waals surface area (Å²) in [6, 6.07) is 9.11. The van der Waals surface area contributed by atoms with Crippen LogP contribution in [0.3, 0.4) is 0 Å². The SMILES string of the molecule is COC(=O)CC(Cc1ccccc1)C(=O)[O-]. The van der Waals surface area contributed by atoms with Crippen LogP contribution in [0.25, 0.3) is 0 Å². The zero-order valence-electron chi connectivity index (χ0n) is 9.01. The Morgan fingerprint density at radius 2 is 1.94 bits per heavy atom. The monoisotopic (exact) mass is 221 g/mol. The Balaban J connectivity index is 2.65. The van der Waals surface area contributed by atoms with Gasteiger partial charge in [0, 0.05) is 11.9 Å². The molecule has 1 aromatic carbocycles. The average Bonchev–Trinajstić information content (AvgIpc) is 2.29. The minimum atomic E-state index is -1.23. The summed E-state index contributed by atoms with van der Waals surface area (Å²) in [7, 11) is 1.23. The Morgan fingerprint density at radius 3 is 2.44 bits per heavy atom. The molecule has 1 rings (SSSR count). The molecular weight excluding hydrogens is 208 g/mol. The standard InChI is InChI=1S/C12H14O4/c1-16-11(13)8-10(12(14)15)7-9-5-3-2-4-6-9/h2-6,10H,7-8H2,1H3,(H,14,15)/p-1. The first-order chi connectivity index (χ1) is 7.63. The quantitative estimate of drug-likeness (QED) is 0.664. The van der Waals surface area contributed by atoms with E-state index in [4.69, 9.17) is 0 Å². The van der Waals surface area contributed by atoms with E-state index in [9.17, 15) is 14.7 Å². The summed E-state index contributed by atoms with van der Waals surface area (Å²) in [4.78, 5) is 21.8. The number of ether oxygens (including phenoxy) is 1. The van der Waals surface area contributed by atoms with Crippen LogP contribution in [0.2, 0.25) is 0 Å². The normalized spacial score (nSPS) is 11.8. The van der Waals surface area contributed by atoms with Crippen molar-refractivity contribution in [1.29, 1.82) is 0 Å². The number of hydrogen-bond donors (Lipinski definition) is 0. The highest BCUT2D eigenvalue weighted by Crippen LogP contribution is 2.12. The molecule has 4 heteroatoms. The first kappa shape index (κ1) is 12.2. The van der Waals surface area contributed by atoms with Gasteiger partial charge in [0.1, 0.15) is 0 Å². The van der Waals surface area contributed by atoms with Gasteiger partial charge >= 0.3 is 5.97 Å². The van der Waals surface area contributed by atoms with E-state index in [0.717, 1.165) is 5.56 Å². The van der Waals surface area contributed by atoms with Crippen molar-refractivity contribution in [2.24, 2.45) is 5.92 Å². The number of methoxy groups -OCH3 is 1. The zero-order chi connectivity index (χ0) is 12.0. The van der Waals surface area contributed by atoms with Crippen molar-refractivity contribution in [3.05, 3.63) is 35.9 Å². The predicted molar refractivity (Wildman–Crippen MR) is 55.3 cm³/mol. The number of esters is 1. The second kappa shape index (κ2) is 5.90. The lowest BCUT2D eigenvalue weighted by molar-refractivity contribution is -0.311. The molecule has 0 aliphatic carbocycles. The third kappa shape index (κ3) is 3.73. The molecule has 0 aliphatic heterocycles. The molecule has 4 nitrogen and oxygen atoms in total. The van der Waals surface area contributed by atoms with Crippen LogP contribution in [-0.4, -0.2) is 19.0 Å². The highest BCUT2D eigenvalue weighted by Gasteiger charge is 2.15. The Labute approximate surface area is 93.9 Å². The van der Waals surface area contributed by atoms with Crippen molar-refractivity contribution in [3.8, 4) is 0 Å². The lowest BCUT2D eigenvalue weighted by Crippen LogP contribution is -2.34. The van der Waals surface area contributed by atoms with Crippen molar-refractivity contribution in [3.63, 3.8) is 0 Å². The summed E-state index contributed by atoms with van der Waals surface area (Å²) < 4.78 is 4.44. The van der Waals surface area contributed by atoms with E-state index in [2.05, 4.69) is 4.74 Å². The zero-order valence-corrected chi connectivity index (χ0v) is 9.01. The molecule has 0 bridgehead atoms. The highest BCUT2D eigenvalue weighted by atomic mass is 16.5. The minimum Gasteiger partial charge on any atom is -0.550 e. The molecule has 0 fully saturated rings. The Morgan fingerprint density at radius 1 is 1.31 bits per heavy atom. The molecule has 1 atom stereocenters. The molecular formula is C12H13O4-. The Hall–Kier alpha value is -1.84. The summed E-state index contributed by atoms with van der Waals surface area (Å²) >= 11 is 0. The van der Waals surface area contributed by atoms with Gasteiger partial charge in [0.2, 0.25) is 0 Å². The van der Waals surface area contributed by atoms with E-state index < -0.39 is 17.9 Å². The van der Waals surface area contributed by atoms with Gasteiger partial charge in [-0.05, 0) is 12.0 Å². The second-order valence-corrected chi connectivity index (χ2v) is 3.49. The van der Waals surface area contributed by atoms with Gasteiger partial charge in [-0.3, -0.25) is 4.79 Å². The first-order valence-corrected chi connectivity index (χ1v) is 4.95. The maximum Gasteiger partial charge on any atom is 0.306 e. The molecule has 1 unspecified atom stereocenters. The van der Waals surface area contributed by atoms with Crippen LogP contribution >= 0.6 is 0 Å².